The van der Waals surface area contributed by atoms with Gasteiger partial charge in [0.1, 0.15) is 5.82 Å². The van der Waals surface area contributed by atoms with E-state index in [0.717, 1.165) is 29.8 Å². The van der Waals surface area contributed by atoms with Crippen molar-refractivity contribution in [3.63, 3.8) is 0 Å². The van der Waals surface area contributed by atoms with Crippen molar-refractivity contribution < 1.29 is 8.42 Å². The van der Waals surface area contributed by atoms with Crippen molar-refractivity contribution >= 4 is 15.8 Å². The predicted molar refractivity (Wildman–Crippen MR) is 110 cm³/mol. The van der Waals surface area contributed by atoms with E-state index in [1.165, 1.54) is 0 Å². The van der Waals surface area contributed by atoms with Crippen LogP contribution in [0.5, 0.6) is 0 Å². The minimum absolute atomic E-state index is 0.342. The SMILES string of the molecule is Cc1cc(C)n(-c2cncc(NCc3ccc(S(=O)(=O)N4CCCC4)cc3)n2)n1. The number of nitrogens with one attached hydrogen (secondary N) is 1. The Morgan fingerprint density at radius 2 is 1.79 bits per heavy atom. The molecule has 1 aliphatic heterocycles. The van der Waals surface area contributed by atoms with Crippen molar-refractivity contribution in [1.82, 2.24) is 24.1 Å². The van der Waals surface area contributed by atoms with E-state index >= 15 is 0 Å². The Kier molecular flexibility index (Phi) is 5.33. The van der Waals surface area contributed by atoms with Crippen molar-refractivity contribution in [2.75, 3.05) is 18.4 Å². The molecule has 3 aromatic rings. The van der Waals surface area contributed by atoms with Gasteiger partial charge in [0.2, 0.25) is 10.0 Å². The van der Waals surface area contributed by atoms with E-state index in [2.05, 4.69) is 20.4 Å². The van der Waals surface area contributed by atoms with Crippen molar-refractivity contribution in [2.45, 2.75) is 38.1 Å². The Hall–Kier alpha value is -2.78. The van der Waals surface area contributed by atoms with Gasteiger partial charge in [0, 0.05) is 25.3 Å². The van der Waals surface area contributed by atoms with Crippen LogP contribution in [0.3, 0.4) is 0 Å². The molecule has 0 amide bonds. The summed E-state index contributed by atoms with van der Waals surface area (Å²) >= 11 is 0. The van der Waals surface area contributed by atoms with Gasteiger partial charge in [-0.25, -0.2) is 18.1 Å². The maximum Gasteiger partial charge on any atom is 0.243 e. The summed E-state index contributed by atoms with van der Waals surface area (Å²) in [5, 5.41) is 7.67. The first-order valence-corrected chi connectivity index (χ1v) is 11.1. The molecule has 1 saturated heterocycles. The Labute approximate surface area is 170 Å². The zero-order chi connectivity index (χ0) is 20.4. The number of aromatic nitrogens is 4. The molecule has 3 heterocycles. The molecule has 2 aromatic heterocycles. The molecular formula is C20H24N6O2S. The van der Waals surface area contributed by atoms with Gasteiger partial charge < -0.3 is 5.32 Å². The van der Waals surface area contributed by atoms with Gasteiger partial charge in [-0.05, 0) is 50.5 Å². The normalized spacial score (nSPS) is 15.0. The third-order valence-corrected chi connectivity index (χ3v) is 6.86. The van der Waals surface area contributed by atoms with E-state index in [1.54, 1.807) is 33.5 Å². The van der Waals surface area contributed by atoms with Gasteiger partial charge in [-0.1, -0.05) is 12.1 Å². The summed E-state index contributed by atoms with van der Waals surface area (Å²) < 4.78 is 28.5. The Balaban J connectivity index is 1.44. The second kappa shape index (κ2) is 7.92. The summed E-state index contributed by atoms with van der Waals surface area (Å²) in [6.07, 6.45) is 5.18. The van der Waals surface area contributed by atoms with Crippen molar-refractivity contribution in [2.24, 2.45) is 0 Å². The van der Waals surface area contributed by atoms with Crippen LogP contribution in [0.15, 0.2) is 47.6 Å². The topological polar surface area (TPSA) is 93.0 Å². The first-order chi connectivity index (χ1) is 13.9. The predicted octanol–water partition coefficient (Wildman–Crippen LogP) is 2.68. The van der Waals surface area contributed by atoms with Crippen LogP contribution in [0.1, 0.15) is 29.8 Å². The largest absolute Gasteiger partial charge is 0.365 e. The molecule has 1 aliphatic rings. The fourth-order valence-corrected chi connectivity index (χ4v) is 4.97. The van der Waals surface area contributed by atoms with Crippen molar-refractivity contribution in [1.29, 1.82) is 0 Å². The monoisotopic (exact) mass is 412 g/mol. The average Bonchev–Trinajstić information content (AvgIpc) is 3.37. The molecule has 1 aromatic carbocycles. The second-order valence-electron chi connectivity index (χ2n) is 7.21. The number of sulfonamides is 1. The van der Waals surface area contributed by atoms with Crippen LogP contribution in [-0.4, -0.2) is 45.6 Å². The number of anilines is 1. The van der Waals surface area contributed by atoms with E-state index in [9.17, 15) is 8.42 Å². The molecular weight excluding hydrogens is 388 g/mol. The highest BCUT2D eigenvalue weighted by molar-refractivity contribution is 7.89. The van der Waals surface area contributed by atoms with Crippen LogP contribution in [0.4, 0.5) is 5.82 Å². The third-order valence-electron chi connectivity index (χ3n) is 4.95. The lowest BCUT2D eigenvalue weighted by molar-refractivity contribution is 0.477. The highest BCUT2D eigenvalue weighted by atomic mass is 32.2. The van der Waals surface area contributed by atoms with Crippen LogP contribution in [0.25, 0.3) is 5.82 Å². The molecule has 0 saturated carbocycles. The van der Waals surface area contributed by atoms with E-state index in [-0.39, 0.29) is 0 Å². The molecule has 0 atom stereocenters. The zero-order valence-electron chi connectivity index (χ0n) is 16.5. The first-order valence-electron chi connectivity index (χ1n) is 9.62. The maximum atomic E-state index is 12.6. The van der Waals surface area contributed by atoms with Crippen LogP contribution >= 0.6 is 0 Å². The summed E-state index contributed by atoms with van der Waals surface area (Å²) in [6.45, 7) is 5.64. The summed E-state index contributed by atoms with van der Waals surface area (Å²) in [5.41, 5.74) is 2.87. The number of nitrogens with zero attached hydrogens (tertiary/aromatic N) is 5. The highest BCUT2D eigenvalue weighted by Crippen LogP contribution is 2.21. The van der Waals surface area contributed by atoms with Crippen LogP contribution in [0.2, 0.25) is 0 Å². The van der Waals surface area contributed by atoms with Crippen LogP contribution < -0.4 is 5.32 Å². The summed E-state index contributed by atoms with van der Waals surface area (Å²) in [7, 11) is -3.38. The molecule has 152 valence electrons. The molecule has 8 nitrogen and oxygen atoms in total. The fourth-order valence-electron chi connectivity index (χ4n) is 3.45. The molecule has 0 spiro atoms. The van der Waals surface area contributed by atoms with Gasteiger partial charge in [0.05, 0.1) is 23.0 Å². The second-order valence-corrected chi connectivity index (χ2v) is 9.15. The van der Waals surface area contributed by atoms with E-state index in [4.69, 9.17) is 0 Å². The molecule has 9 heteroatoms. The number of benzene rings is 1. The highest BCUT2D eigenvalue weighted by Gasteiger charge is 2.26. The lowest BCUT2D eigenvalue weighted by Crippen LogP contribution is -2.27. The Morgan fingerprint density at radius 3 is 2.45 bits per heavy atom. The van der Waals surface area contributed by atoms with Gasteiger partial charge in [0.25, 0.3) is 0 Å². The molecule has 0 aliphatic carbocycles. The van der Waals surface area contributed by atoms with Gasteiger partial charge in [-0.3, -0.25) is 4.98 Å². The molecule has 0 bridgehead atoms. The fraction of sp³-hybridized carbons (Fsp3) is 0.350. The van der Waals surface area contributed by atoms with E-state index in [1.807, 2.05) is 32.0 Å². The number of hydrogen-bond acceptors (Lipinski definition) is 6. The van der Waals surface area contributed by atoms with Gasteiger partial charge in [0.15, 0.2) is 5.82 Å². The van der Waals surface area contributed by atoms with E-state index in [0.29, 0.717) is 36.2 Å². The third kappa shape index (κ3) is 4.15. The minimum atomic E-state index is -3.38. The lowest BCUT2D eigenvalue weighted by Gasteiger charge is -2.15. The molecule has 1 fully saturated rings. The number of rotatable bonds is 6. The van der Waals surface area contributed by atoms with Gasteiger partial charge in [-0.15, -0.1) is 0 Å². The van der Waals surface area contributed by atoms with Crippen LogP contribution in [-0.2, 0) is 16.6 Å². The average molecular weight is 413 g/mol. The molecule has 0 unspecified atom stereocenters. The van der Waals surface area contributed by atoms with Crippen molar-refractivity contribution in [3.8, 4) is 5.82 Å². The molecule has 4 rings (SSSR count). The summed E-state index contributed by atoms with van der Waals surface area (Å²) in [6, 6.07) is 8.98. The van der Waals surface area contributed by atoms with Gasteiger partial charge >= 0.3 is 0 Å². The number of hydrogen-bond donors (Lipinski definition) is 1. The smallest absolute Gasteiger partial charge is 0.243 e. The lowest BCUT2D eigenvalue weighted by atomic mass is 10.2. The Morgan fingerprint density at radius 1 is 1.07 bits per heavy atom. The van der Waals surface area contributed by atoms with E-state index < -0.39 is 10.0 Å². The quantitative estimate of drug-likeness (QED) is 0.669. The van der Waals surface area contributed by atoms with Gasteiger partial charge in [-0.2, -0.15) is 9.40 Å². The molecule has 1 N–H and O–H groups in total. The van der Waals surface area contributed by atoms with Crippen LogP contribution in [0, 0.1) is 13.8 Å². The molecule has 0 radical (unpaired) electrons. The zero-order valence-corrected chi connectivity index (χ0v) is 17.4. The summed E-state index contributed by atoms with van der Waals surface area (Å²) in [5.74, 6) is 1.27. The minimum Gasteiger partial charge on any atom is -0.365 e. The Bertz CT molecular complexity index is 1100. The first kappa shape index (κ1) is 19.5. The number of aryl methyl sites for hydroxylation is 2. The molecule has 29 heavy (non-hydrogen) atoms. The standard InChI is InChI=1S/C20H24N6O2S/c1-15-11-16(2)26(24-15)20-14-21-13-19(23-20)22-12-17-5-7-18(8-6-17)29(27,28)25-9-3-4-10-25/h5-8,11,13-14H,3-4,9-10,12H2,1-2H3,(H,22,23). The summed E-state index contributed by atoms with van der Waals surface area (Å²) in [4.78, 5) is 9.15. The maximum absolute atomic E-state index is 12.6. The van der Waals surface area contributed by atoms with Crippen molar-refractivity contribution in [3.05, 3.63) is 59.7 Å².